The van der Waals surface area contributed by atoms with E-state index in [9.17, 15) is 9.59 Å². The van der Waals surface area contributed by atoms with Crippen LogP contribution in [0.4, 0.5) is 11.4 Å². The van der Waals surface area contributed by atoms with Crippen LogP contribution >= 0.6 is 11.3 Å². The lowest BCUT2D eigenvalue weighted by Crippen LogP contribution is -2.40. The molecule has 1 amide bonds. The monoisotopic (exact) mass is 524 g/mol. The molecular formula is C30H28N4O3S. The molecule has 3 aromatic carbocycles. The number of methoxy groups -OCH3 is 1. The van der Waals surface area contributed by atoms with Gasteiger partial charge in [-0.1, -0.05) is 53.8 Å². The number of para-hydroxylation sites is 1. The van der Waals surface area contributed by atoms with Crippen molar-refractivity contribution in [3.8, 4) is 5.75 Å². The summed E-state index contributed by atoms with van der Waals surface area (Å²) in [6, 6.07) is 24.0. The summed E-state index contributed by atoms with van der Waals surface area (Å²) in [5.41, 5.74) is 4.26. The molecule has 5 rings (SSSR count). The van der Waals surface area contributed by atoms with E-state index in [4.69, 9.17) is 9.73 Å². The van der Waals surface area contributed by atoms with Gasteiger partial charge in [-0.15, -0.1) is 0 Å². The molecule has 0 fully saturated rings. The molecule has 0 saturated carbocycles. The van der Waals surface area contributed by atoms with Crippen molar-refractivity contribution in [2.75, 3.05) is 31.4 Å². The minimum atomic E-state index is -0.640. The smallest absolute Gasteiger partial charge is 0.271 e. The highest BCUT2D eigenvalue weighted by atomic mass is 32.1. The van der Waals surface area contributed by atoms with Gasteiger partial charge in [0.25, 0.3) is 11.5 Å². The lowest BCUT2D eigenvalue weighted by atomic mass is 9.95. The topological polar surface area (TPSA) is 75.9 Å². The third-order valence-electron chi connectivity index (χ3n) is 6.44. The fourth-order valence-corrected chi connectivity index (χ4v) is 5.50. The summed E-state index contributed by atoms with van der Waals surface area (Å²) in [5, 5.41) is 2.97. The molecule has 2 heterocycles. The highest BCUT2D eigenvalue weighted by Gasteiger charge is 2.32. The Bertz CT molecular complexity index is 1680. The fraction of sp³-hybridized carbons (Fsp3) is 0.167. The Kier molecular flexibility index (Phi) is 6.98. The minimum Gasteiger partial charge on any atom is -0.497 e. The van der Waals surface area contributed by atoms with Gasteiger partial charge in [-0.3, -0.25) is 14.2 Å². The predicted molar refractivity (Wildman–Crippen MR) is 153 cm³/mol. The van der Waals surface area contributed by atoms with E-state index in [0.717, 1.165) is 16.8 Å². The number of rotatable bonds is 6. The van der Waals surface area contributed by atoms with Crippen LogP contribution in [0.3, 0.4) is 0 Å². The largest absolute Gasteiger partial charge is 0.497 e. The van der Waals surface area contributed by atoms with Gasteiger partial charge in [0.05, 0.1) is 29.0 Å². The summed E-state index contributed by atoms with van der Waals surface area (Å²) >= 11 is 1.32. The van der Waals surface area contributed by atoms with E-state index in [0.29, 0.717) is 32.0 Å². The third-order valence-corrected chi connectivity index (χ3v) is 7.42. The maximum Gasteiger partial charge on any atom is 0.271 e. The van der Waals surface area contributed by atoms with E-state index in [1.54, 1.807) is 11.7 Å². The molecule has 0 spiro atoms. The number of amides is 1. The van der Waals surface area contributed by atoms with Gasteiger partial charge in [0.15, 0.2) is 4.80 Å². The standard InChI is InChI=1S/C30H28N4O3S/c1-19-26(28(35)32-22-8-6-5-7-9-22)27(21-12-16-24(37-4)17-13-21)34-29(36)25(38-30(34)31-19)18-20-10-14-23(15-11-20)33(2)3/h5-18,27H,1-4H3,(H,32,35). The molecule has 1 aliphatic rings. The van der Waals surface area contributed by atoms with E-state index in [2.05, 4.69) is 5.32 Å². The van der Waals surface area contributed by atoms with Crippen molar-refractivity contribution in [2.24, 2.45) is 4.99 Å². The van der Waals surface area contributed by atoms with Gasteiger partial charge in [0.2, 0.25) is 0 Å². The zero-order chi connectivity index (χ0) is 26.8. The van der Waals surface area contributed by atoms with Crippen molar-refractivity contribution < 1.29 is 9.53 Å². The van der Waals surface area contributed by atoms with Crippen LogP contribution in [0.5, 0.6) is 5.75 Å². The average molecular weight is 525 g/mol. The van der Waals surface area contributed by atoms with E-state index >= 15 is 0 Å². The number of carbonyl (C=O) groups excluding carboxylic acids is 1. The van der Waals surface area contributed by atoms with E-state index in [-0.39, 0.29) is 11.5 Å². The Morgan fingerprint density at radius 1 is 1.03 bits per heavy atom. The molecule has 0 bridgehead atoms. The number of ether oxygens (including phenoxy) is 1. The minimum absolute atomic E-state index is 0.191. The number of allylic oxidation sites excluding steroid dienone is 1. The van der Waals surface area contributed by atoms with Gasteiger partial charge in [-0.05, 0) is 60.5 Å². The van der Waals surface area contributed by atoms with Gasteiger partial charge in [-0.2, -0.15) is 0 Å². The van der Waals surface area contributed by atoms with Crippen LogP contribution in [0.1, 0.15) is 24.1 Å². The van der Waals surface area contributed by atoms with E-state index in [1.807, 2.05) is 111 Å². The summed E-state index contributed by atoms with van der Waals surface area (Å²) in [5.74, 6) is 0.394. The molecule has 1 unspecified atom stereocenters. The molecule has 1 aromatic heterocycles. The van der Waals surface area contributed by atoms with Crippen molar-refractivity contribution in [1.29, 1.82) is 0 Å². The van der Waals surface area contributed by atoms with Crippen LogP contribution in [-0.2, 0) is 4.79 Å². The molecule has 0 radical (unpaired) electrons. The normalized spacial score (nSPS) is 15.1. The first-order valence-corrected chi connectivity index (χ1v) is 13.0. The lowest BCUT2D eigenvalue weighted by Gasteiger charge is -2.25. The Balaban J connectivity index is 1.64. The molecule has 1 atom stereocenters. The second-order valence-electron chi connectivity index (χ2n) is 9.16. The molecule has 7 nitrogen and oxygen atoms in total. The number of nitrogens with one attached hydrogen (secondary N) is 1. The van der Waals surface area contributed by atoms with Gasteiger partial charge < -0.3 is 15.0 Å². The Morgan fingerprint density at radius 3 is 2.34 bits per heavy atom. The van der Waals surface area contributed by atoms with Crippen molar-refractivity contribution in [3.05, 3.63) is 121 Å². The quantitative estimate of drug-likeness (QED) is 0.415. The molecule has 38 heavy (non-hydrogen) atoms. The molecule has 1 N–H and O–H groups in total. The summed E-state index contributed by atoms with van der Waals surface area (Å²) < 4.78 is 7.51. The van der Waals surface area contributed by atoms with Crippen LogP contribution in [0.15, 0.2) is 99.9 Å². The second-order valence-corrected chi connectivity index (χ2v) is 10.2. The first-order chi connectivity index (χ1) is 18.4. The van der Waals surface area contributed by atoms with Crippen LogP contribution < -0.4 is 29.8 Å². The zero-order valence-electron chi connectivity index (χ0n) is 21.6. The number of fused-ring (bicyclic) bond motifs is 1. The average Bonchev–Trinajstić information content (AvgIpc) is 3.22. The SMILES string of the molecule is COc1ccc(C2C(C(=O)Nc3ccccc3)=C(C)N=c3sc(=Cc4ccc(N(C)C)cc4)c(=O)n32)cc1. The molecular weight excluding hydrogens is 496 g/mol. The maximum absolute atomic E-state index is 13.8. The van der Waals surface area contributed by atoms with Gasteiger partial charge >= 0.3 is 0 Å². The number of carbonyl (C=O) groups is 1. The Hall–Kier alpha value is -4.43. The number of thiazole rings is 1. The molecule has 1 aliphatic heterocycles. The number of hydrogen-bond donors (Lipinski definition) is 1. The van der Waals surface area contributed by atoms with Crippen molar-refractivity contribution in [2.45, 2.75) is 13.0 Å². The van der Waals surface area contributed by atoms with Gasteiger partial charge in [0.1, 0.15) is 5.75 Å². The summed E-state index contributed by atoms with van der Waals surface area (Å²) in [6.07, 6.45) is 1.87. The Labute approximate surface area is 224 Å². The van der Waals surface area contributed by atoms with Crippen molar-refractivity contribution >= 4 is 34.7 Å². The molecule has 4 aromatic rings. The fourth-order valence-electron chi connectivity index (χ4n) is 4.45. The van der Waals surface area contributed by atoms with Crippen molar-refractivity contribution in [3.63, 3.8) is 0 Å². The van der Waals surface area contributed by atoms with Gasteiger partial charge in [-0.25, -0.2) is 4.99 Å². The number of aromatic nitrogens is 1. The number of nitrogens with zero attached hydrogens (tertiary/aromatic N) is 3. The summed E-state index contributed by atoms with van der Waals surface area (Å²) in [7, 11) is 5.58. The molecule has 0 saturated heterocycles. The highest BCUT2D eigenvalue weighted by Crippen LogP contribution is 2.31. The molecule has 192 valence electrons. The van der Waals surface area contributed by atoms with Crippen LogP contribution in [0.2, 0.25) is 0 Å². The second kappa shape index (κ2) is 10.5. The maximum atomic E-state index is 13.8. The zero-order valence-corrected chi connectivity index (χ0v) is 22.5. The Morgan fingerprint density at radius 2 is 1.71 bits per heavy atom. The van der Waals surface area contributed by atoms with Crippen molar-refractivity contribution in [1.82, 2.24) is 4.57 Å². The predicted octanol–water partition coefficient (Wildman–Crippen LogP) is 3.95. The number of hydrogen-bond acceptors (Lipinski definition) is 6. The summed E-state index contributed by atoms with van der Waals surface area (Å²) in [4.78, 5) is 34.7. The molecule has 0 aliphatic carbocycles. The third kappa shape index (κ3) is 4.90. The number of benzene rings is 3. The first kappa shape index (κ1) is 25.2. The summed E-state index contributed by atoms with van der Waals surface area (Å²) in [6.45, 7) is 1.81. The first-order valence-electron chi connectivity index (χ1n) is 12.2. The lowest BCUT2D eigenvalue weighted by molar-refractivity contribution is -0.113. The van der Waals surface area contributed by atoms with Crippen LogP contribution in [0.25, 0.3) is 6.08 Å². The van der Waals surface area contributed by atoms with Crippen LogP contribution in [0, 0.1) is 0 Å². The molecule has 8 heteroatoms. The van der Waals surface area contributed by atoms with Gasteiger partial charge in [0, 0.05) is 25.5 Å². The van der Waals surface area contributed by atoms with E-state index < -0.39 is 6.04 Å². The van der Waals surface area contributed by atoms with E-state index in [1.165, 1.54) is 11.3 Å². The highest BCUT2D eigenvalue weighted by molar-refractivity contribution is 7.07. The van der Waals surface area contributed by atoms with Crippen LogP contribution in [-0.4, -0.2) is 31.7 Å². The number of anilines is 2.